The summed E-state index contributed by atoms with van der Waals surface area (Å²) in [6.07, 6.45) is 1.82. The van der Waals surface area contributed by atoms with Gasteiger partial charge >= 0.3 is 0 Å². The van der Waals surface area contributed by atoms with Gasteiger partial charge < -0.3 is 15.0 Å². The zero-order valence-electron chi connectivity index (χ0n) is 14.4. The molecular formula is C18H27FN4O. The Morgan fingerprint density at radius 3 is 2.83 bits per heavy atom. The number of aliphatic imine (C=N–C) groups is 1. The standard InChI is InChI=1S/C18H27FN4O/c1-20-18(21-8-6-15-4-2-3-5-17(15)19)23-9-7-16(14-23)22-10-12-24-13-11-22/h2-5,16H,6-14H2,1H3,(H,20,21). The van der Waals surface area contributed by atoms with Crippen LogP contribution in [0.15, 0.2) is 29.3 Å². The van der Waals surface area contributed by atoms with Crippen LogP contribution >= 0.6 is 0 Å². The van der Waals surface area contributed by atoms with Crippen LogP contribution in [0.4, 0.5) is 4.39 Å². The normalized spacial score (nSPS) is 22.8. The van der Waals surface area contributed by atoms with Gasteiger partial charge in [-0.15, -0.1) is 0 Å². The number of hydrogen-bond donors (Lipinski definition) is 1. The van der Waals surface area contributed by atoms with E-state index in [9.17, 15) is 4.39 Å². The third-order valence-corrected chi connectivity index (χ3v) is 4.87. The Kier molecular flexibility index (Phi) is 6.04. The minimum Gasteiger partial charge on any atom is -0.379 e. The minimum absolute atomic E-state index is 0.136. The average Bonchev–Trinajstić information content (AvgIpc) is 3.11. The molecule has 1 unspecified atom stereocenters. The van der Waals surface area contributed by atoms with Crippen molar-refractivity contribution in [3.05, 3.63) is 35.6 Å². The molecule has 2 heterocycles. The number of rotatable bonds is 4. The number of benzene rings is 1. The van der Waals surface area contributed by atoms with Crippen molar-refractivity contribution in [2.24, 2.45) is 4.99 Å². The lowest BCUT2D eigenvalue weighted by molar-refractivity contribution is 0.0195. The highest BCUT2D eigenvalue weighted by molar-refractivity contribution is 5.80. The van der Waals surface area contributed by atoms with E-state index in [0.717, 1.165) is 57.3 Å². The van der Waals surface area contributed by atoms with Crippen molar-refractivity contribution in [1.29, 1.82) is 0 Å². The molecule has 1 N–H and O–H groups in total. The molecule has 0 aromatic heterocycles. The summed E-state index contributed by atoms with van der Waals surface area (Å²) in [5.74, 6) is 0.782. The Balaban J connectivity index is 1.47. The van der Waals surface area contributed by atoms with Crippen LogP contribution in [0.25, 0.3) is 0 Å². The highest BCUT2D eigenvalue weighted by atomic mass is 19.1. The van der Waals surface area contributed by atoms with Crippen LogP contribution < -0.4 is 5.32 Å². The Morgan fingerprint density at radius 2 is 2.08 bits per heavy atom. The van der Waals surface area contributed by atoms with Crippen molar-refractivity contribution in [3.63, 3.8) is 0 Å². The Labute approximate surface area is 143 Å². The highest BCUT2D eigenvalue weighted by Crippen LogP contribution is 2.17. The van der Waals surface area contributed by atoms with Gasteiger partial charge in [-0.1, -0.05) is 18.2 Å². The second-order valence-corrected chi connectivity index (χ2v) is 6.35. The van der Waals surface area contributed by atoms with Crippen LogP contribution in [0.1, 0.15) is 12.0 Å². The fourth-order valence-electron chi connectivity index (χ4n) is 3.52. The summed E-state index contributed by atoms with van der Waals surface area (Å²) in [5.41, 5.74) is 0.744. The molecular weight excluding hydrogens is 307 g/mol. The van der Waals surface area contributed by atoms with Gasteiger partial charge in [0.15, 0.2) is 5.96 Å². The van der Waals surface area contributed by atoms with E-state index >= 15 is 0 Å². The molecule has 0 saturated carbocycles. The Hall–Kier alpha value is -1.66. The largest absolute Gasteiger partial charge is 0.379 e. The SMILES string of the molecule is CN=C(NCCc1ccccc1F)N1CCC(N2CCOCC2)C1. The first-order valence-electron chi connectivity index (χ1n) is 8.78. The second-order valence-electron chi connectivity index (χ2n) is 6.35. The fraction of sp³-hybridized carbons (Fsp3) is 0.611. The van der Waals surface area contributed by atoms with Crippen LogP contribution in [0.5, 0.6) is 0 Å². The molecule has 0 radical (unpaired) electrons. The van der Waals surface area contributed by atoms with Crippen LogP contribution in [0.2, 0.25) is 0 Å². The summed E-state index contributed by atoms with van der Waals surface area (Å²) >= 11 is 0. The minimum atomic E-state index is -0.136. The van der Waals surface area contributed by atoms with Crippen molar-refractivity contribution >= 4 is 5.96 Å². The number of hydrogen-bond acceptors (Lipinski definition) is 3. The predicted octanol–water partition coefficient (Wildman–Crippen LogP) is 1.35. The second kappa shape index (κ2) is 8.44. The first kappa shape index (κ1) is 17.2. The summed E-state index contributed by atoms with van der Waals surface area (Å²) in [6.45, 7) is 6.43. The van der Waals surface area contributed by atoms with E-state index < -0.39 is 0 Å². The zero-order valence-corrected chi connectivity index (χ0v) is 14.4. The van der Waals surface area contributed by atoms with Crippen LogP contribution in [0.3, 0.4) is 0 Å². The number of morpholine rings is 1. The lowest BCUT2D eigenvalue weighted by Crippen LogP contribution is -2.46. The molecule has 2 fully saturated rings. The van der Waals surface area contributed by atoms with Gasteiger partial charge in [0.05, 0.1) is 13.2 Å². The van der Waals surface area contributed by atoms with Gasteiger partial charge in [0.2, 0.25) is 0 Å². The van der Waals surface area contributed by atoms with Crippen molar-refractivity contribution < 1.29 is 9.13 Å². The van der Waals surface area contributed by atoms with Gasteiger partial charge in [-0.2, -0.15) is 0 Å². The van der Waals surface area contributed by atoms with E-state index in [2.05, 4.69) is 20.1 Å². The fourth-order valence-corrected chi connectivity index (χ4v) is 3.52. The van der Waals surface area contributed by atoms with Crippen LogP contribution in [-0.4, -0.2) is 74.8 Å². The lowest BCUT2D eigenvalue weighted by atomic mass is 10.1. The summed E-state index contributed by atoms with van der Waals surface area (Å²) in [4.78, 5) is 9.23. The maximum Gasteiger partial charge on any atom is 0.193 e. The number of guanidine groups is 1. The van der Waals surface area contributed by atoms with E-state index in [-0.39, 0.29) is 5.82 Å². The Morgan fingerprint density at radius 1 is 1.29 bits per heavy atom. The Bertz CT molecular complexity index is 560. The molecule has 2 aliphatic rings. The van der Waals surface area contributed by atoms with Gasteiger partial charge in [-0.3, -0.25) is 9.89 Å². The molecule has 2 aliphatic heterocycles. The third-order valence-electron chi connectivity index (χ3n) is 4.87. The topological polar surface area (TPSA) is 40.1 Å². The monoisotopic (exact) mass is 334 g/mol. The molecule has 5 nitrogen and oxygen atoms in total. The van der Waals surface area contributed by atoms with Gasteiger partial charge in [-0.25, -0.2) is 4.39 Å². The smallest absolute Gasteiger partial charge is 0.193 e. The molecule has 1 aromatic rings. The summed E-state index contributed by atoms with van der Waals surface area (Å²) < 4.78 is 19.1. The molecule has 0 aliphatic carbocycles. The molecule has 1 atom stereocenters. The van der Waals surface area contributed by atoms with E-state index in [1.54, 1.807) is 6.07 Å². The average molecular weight is 334 g/mol. The van der Waals surface area contributed by atoms with Gasteiger partial charge in [0.1, 0.15) is 5.82 Å². The molecule has 0 amide bonds. The molecule has 0 spiro atoms. The molecule has 24 heavy (non-hydrogen) atoms. The van der Waals surface area contributed by atoms with Crippen LogP contribution in [-0.2, 0) is 11.2 Å². The van der Waals surface area contributed by atoms with Gasteiger partial charge in [0, 0.05) is 45.8 Å². The molecule has 132 valence electrons. The molecule has 3 rings (SSSR count). The molecule has 1 aromatic carbocycles. The first-order valence-corrected chi connectivity index (χ1v) is 8.78. The van der Waals surface area contributed by atoms with Crippen molar-refractivity contribution in [2.45, 2.75) is 18.9 Å². The number of nitrogens with zero attached hydrogens (tertiary/aromatic N) is 3. The zero-order chi connectivity index (χ0) is 16.8. The quantitative estimate of drug-likeness (QED) is 0.667. The van der Waals surface area contributed by atoms with Crippen LogP contribution in [0, 0.1) is 5.82 Å². The van der Waals surface area contributed by atoms with Crippen molar-refractivity contribution in [2.75, 3.05) is 53.0 Å². The first-order chi connectivity index (χ1) is 11.8. The molecule has 2 saturated heterocycles. The summed E-state index contributed by atoms with van der Waals surface area (Å²) in [6, 6.07) is 7.53. The summed E-state index contributed by atoms with van der Waals surface area (Å²) in [7, 11) is 1.81. The predicted molar refractivity (Wildman–Crippen MR) is 93.8 cm³/mol. The number of nitrogens with one attached hydrogen (secondary N) is 1. The van der Waals surface area contributed by atoms with Gasteiger partial charge in [0.25, 0.3) is 0 Å². The van der Waals surface area contributed by atoms with E-state index in [0.29, 0.717) is 19.0 Å². The maximum absolute atomic E-state index is 13.7. The number of halogens is 1. The highest BCUT2D eigenvalue weighted by Gasteiger charge is 2.30. The van der Waals surface area contributed by atoms with E-state index in [1.807, 2.05) is 19.2 Å². The number of ether oxygens (including phenoxy) is 1. The number of likely N-dealkylation sites (tertiary alicyclic amines) is 1. The third kappa shape index (κ3) is 4.24. The van der Waals surface area contributed by atoms with Crippen molar-refractivity contribution in [1.82, 2.24) is 15.1 Å². The van der Waals surface area contributed by atoms with Gasteiger partial charge in [-0.05, 0) is 24.5 Å². The molecule has 6 heteroatoms. The summed E-state index contributed by atoms with van der Waals surface area (Å²) in [5, 5.41) is 3.38. The van der Waals surface area contributed by atoms with E-state index in [1.165, 1.54) is 6.07 Å². The lowest BCUT2D eigenvalue weighted by Gasteiger charge is -2.32. The van der Waals surface area contributed by atoms with Crippen molar-refractivity contribution in [3.8, 4) is 0 Å². The van der Waals surface area contributed by atoms with E-state index in [4.69, 9.17) is 4.74 Å². The molecule has 0 bridgehead atoms. The maximum atomic E-state index is 13.7.